The molecule has 28 heavy (non-hydrogen) atoms. The van der Waals surface area contributed by atoms with E-state index >= 15 is 0 Å². The van der Waals surface area contributed by atoms with E-state index in [2.05, 4.69) is 33.4 Å². The Morgan fingerprint density at radius 2 is 1.96 bits per heavy atom. The molecule has 2 aromatic carbocycles. The molecule has 5 nitrogen and oxygen atoms in total. The first-order chi connectivity index (χ1) is 13.6. The van der Waals surface area contributed by atoms with Gasteiger partial charge >= 0.3 is 0 Å². The second-order valence-corrected chi connectivity index (χ2v) is 8.81. The molecule has 138 valence electrons. The van der Waals surface area contributed by atoms with Crippen LogP contribution in [0.15, 0.2) is 47.4 Å². The number of H-pyrrole nitrogens is 1. The molecule has 1 fully saturated rings. The summed E-state index contributed by atoms with van der Waals surface area (Å²) in [5.74, 6) is -0.668. The lowest BCUT2D eigenvalue weighted by Crippen LogP contribution is -2.11. The lowest BCUT2D eigenvalue weighted by Gasteiger charge is -2.01. The van der Waals surface area contributed by atoms with Gasteiger partial charge in [-0.05, 0) is 36.3 Å². The number of nitrogens with zero attached hydrogens (tertiary/aromatic N) is 2. The number of allylic oxidation sites excluding steroid dienone is 1. The topological polar surface area (TPSA) is 82.5 Å². The van der Waals surface area contributed by atoms with Crippen molar-refractivity contribution in [2.45, 2.75) is 19.3 Å². The van der Waals surface area contributed by atoms with Crippen molar-refractivity contribution in [3.8, 4) is 0 Å². The Morgan fingerprint density at radius 1 is 1.14 bits per heavy atom. The van der Waals surface area contributed by atoms with Gasteiger partial charge in [-0.3, -0.25) is 10.2 Å². The Balaban J connectivity index is 1.52. The van der Waals surface area contributed by atoms with Crippen LogP contribution in [-0.2, 0) is 11.2 Å². The third-order valence-electron chi connectivity index (χ3n) is 4.85. The number of thioether (sulfide) groups is 1. The van der Waals surface area contributed by atoms with E-state index < -0.39 is 5.92 Å². The second-order valence-electron chi connectivity index (χ2n) is 6.64. The van der Waals surface area contributed by atoms with Gasteiger partial charge in [-0.25, -0.2) is 0 Å². The average Bonchev–Trinajstić information content (AvgIpc) is 3.38. The van der Waals surface area contributed by atoms with Crippen LogP contribution in [0.5, 0.6) is 0 Å². The van der Waals surface area contributed by atoms with E-state index in [-0.39, 0.29) is 5.78 Å². The van der Waals surface area contributed by atoms with Crippen molar-refractivity contribution in [1.82, 2.24) is 15.2 Å². The van der Waals surface area contributed by atoms with Gasteiger partial charge in [-0.2, -0.15) is 0 Å². The Morgan fingerprint density at radius 3 is 2.79 bits per heavy atom. The number of para-hydroxylation sites is 1. The summed E-state index contributed by atoms with van der Waals surface area (Å²) in [4.78, 5) is 16.9. The van der Waals surface area contributed by atoms with E-state index in [0.29, 0.717) is 15.0 Å². The van der Waals surface area contributed by atoms with Gasteiger partial charge in [0.2, 0.25) is 0 Å². The fourth-order valence-electron chi connectivity index (χ4n) is 3.45. The molecule has 0 spiro atoms. The summed E-state index contributed by atoms with van der Waals surface area (Å²) in [5.41, 5.74) is 3.12. The van der Waals surface area contributed by atoms with Crippen molar-refractivity contribution < 1.29 is 4.79 Å². The van der Waals surface area contributed by atoms with Crippen LogP contribution < -0.4 is 0 Å². The number of hydrogen-bond donors (Lipinski definition) is 2. The number of ketones is 1. The van der Waals surface area contributed by atoms with Crippen LogP contribution in [0, 0.1) is 5.41 Å². The molecule has 5 rings (SSSR count). The number of hydrogen-bond acceptors (Lipinski definition) is 6. The molecule has 1 saturated heterocycles. The van der Waals surface area contributed by atoms with E-state index in [9.17, 15) is 4.79 Å². The monoisotopic (exact) mass is 404 g/mol. The van der Waals surface area contributed by atoms with Gasteiger partial charge in [0.1, 0.15) is 15.9 Å². The number of aryl methyl sites for hydroxylation is 1. The quantitative estimate of drug-likeness (QED) is 0.463. The number of rotatable bonds is 3. The van der Waals surface area contributed by atoms with Crippen LogP contribution >= 0.6 is 23.1 Å². The standard InChI is InChI=1S/C21H16N4OS2/c1-2-17-24-25-21(28-17)18-19(26)16(27-20(18)22)10-11-7-8-15-13(9-11)12-5-3-4-6-14(12)23-15/h3-10,18,22-23H,2H2,1H3. The van der Waals surface area contributed by atoms with Crippen LogP contribution in [0.1, 0.15) is 28.4 Å². The Hall–Kier alpha value is -2.77. The molecular weight excluding hydrogens is 388 g/mol. The third-order valence-corrected chi connectivity index (χ3v) is 6.97. The fraction of sp³-hybridized carbons (Fsp3) is 0.143. The average molecular weight is 405 g/mol. The van der Waals surface area contributed by atoms with Crippen molar-refractivity contribution in [3.63, 3.8) is 0 Å². The number of Topliss-reactive ketones (excluding diaryl/α,β-unsaturated/α-hetero) is 1. The highest BCUT2D eigenvalue weighted by atomic mass is 32.2. The van der Waals surface area contributed by atoms with Crippen LogP contribution in [0.2, 0.25) is 0 Å². The van der Waals surface area contributed by atoms with Crippen molar-refractivity contribution >= 4 is 61.8 Å². The first kappa shape index (κ1) is 17.3. The van der Waals surface area contributed by atoms with Gasteiger partial charge in [0.05, 0.1) is 9.95 Å². The van der Waals surface area contributed by atoms with E-state index in [1.54, 1.807) is 0 Å². The van der Waals surface area contributed by atoms with Gasteiger partial charge < -0.3 is 4.98 Å². The van der Waals surface area contributed by atoms with Crippen molar-refractivity contribution in [2.75, 3.05) is 0 Å². The highest BCUT2D eigenvalue weighted by Gasteiger charge is 2.39. The highest BCUT2D eigenvalue weighted by molar-refractivity contribution is 8.19. The summed E-state index contributed by atoms with van der Waals surface area (Å²) in [6.45, 7) is 2.01. The lowest BCUT2D eigenvalue weighted by atomic mass is 10.0. The zero-order chi connectivity index (χ0) is 19.3. The minimum absolute atomic E-state index is 0.0622. The fourth-order valence-corrected chi connectivity index (χ4v) is 5.40. The van der Waals surface area contributed by atoms with E-state index in [0.717, 1.165) is 38.8 Å². The Bertz CT molecular complexity index is 1280. The summed E-state index contributed by atoms with van der Waals surface area (Å²) in [6.07, 6.45) is 2.66. The van der Waals surface area contributed by atoms with Crippen molar-refractivity contribution in [2.24, 2.45) is 0 Å². The van der Waals surface area contributed by atoms with E-state index in [4.69, 9.17) is 5.41 Å². The number of nitrogens with one attached hydrogen (secondary N) is 2. The summed E-state index contributed by atoms with van der Waals surface area (Å²) in [6, 6.07) is 14.3. The molecule has 7 heteroatoms. The number of aromatic amines is 1. The first-order valence-corrected chi connectivity index (χ1v) is 10.6. The number of aromatic nitrogens is 3. The summed E-state index contributed by atoms with van der Waals surface area (Å²) in [7, 11) is 0. The summed E-state index contributed by atoms with van der Waals surface area (Å²) in [5, 5.41) is 20.7. The first-order valence-electron chi connectivity index (χ1n) is 8.99. The minimum Gasteiger partial charge on any atom is -0.355 e. The smallest absolute Gasteiger partial charge is 0.186 e. The molecule has 0 aliphatic carbocycles. The zero-order valence-corrected chi connectivity index (χ0v) is 16.7. The lowest BCUT2D eigenvalue weighted by molar-refractivity contribution is -0.114. The second kappa shape index (κ2) is 6.68. The van der Waals surface area contributed by atoms with Crippen LogP contribution in [-0.4, -0.2) is 26.0 Å². The third kappa shape index (κ3) is 2.78. The van der Waals surface area contributed by atoms with Crippen LogP contribution in [0.4, 0.5) is 0 Å². The molecule has 1 aliphatic heterocycles. The maximum absolute atomic E-state index is 12.9. The van der Waals surface area contributed by atoms with Crippen molar-refractivity contribution in [3.05, 3.63) is 62.9 Å². The molecule has 1 unspecified atom stereocenters. The van der Waals surface area contributed by atoms with E-state index in [1.807, 2.05) is 37.3 Å². The Kier molecular flexibility index (Phi) is 4.14. The van der Waals surface area contributed by atoms with Gasteiger partial charge in [-0.1, -0.05) is 43.0 Å². The maximum Gasteiger partial charge on any atom is 0.186 e. The van der Waals surface area contributed by atoms with Gasteiger partial charge in [0.15, 0.2) is 5.78 Å². The van der Waals surface area contributed by atoms with Gasteiger partial charge in [-0.15, -0.1) is 21.5 Å². The highest BCUT2D eigenvalue weighted by Crippen LogP contribution is 2.41. The van der Waals surface area contributed by atoms with Crippen molar-refractivity contribution in [1.29, 1.82) is 5.41 Å². The van der Waals surface area contributed by atoms with Crippen LogP contribution in [0.3, 0.4) is 0 Å². The SMILES string of the molecule is CCc1nnc(C2C(=N)SC(=Cc3ccc4[nH]c5ccccc5c4c3)C2=O)s1. The molecule has 0 radical (unpaired) electrons. The number of carbonyl (C=O) groups excluding carboxylic acids is 1. The molecule has 2 N–H and O–H groups in total. The molecule has 2 aromatic heterocycles. The molecular formula is C21H16N4OS2. The summed E-state index contributed by atoms with van der Waals surface area (Å²) >= 11 is 2.65. The number of benzene rings is 2. The maximum atomic E-state index is 12.9. The molecule has 0 amide bonds. The number of fused-ring (bicyclic) bond motifs is 3. The zero-order valence-electron chi connectivity index (χ0n) is 15.0. The normalized spacial score (nSPS) is 18.8. The molecule has 1 aliphatic rings. The van der Waals surface area contributed by atoms with Gasteiger partial charge in [0, 0.05) is 21.8 Å². The largest absolute Gasteiger partial charge is 0.355 e. The minimum atomic E-state index is -0.606. The molecule has 3 heterocycles. The summed E-state index contributed by atoms with van der Waals surface area (Å²) < 4.78 is 0. The number of carbonyl (C=O) groups is 1. The predicted octanol–water partition coefficient (Wildman–Crippen LogP) is 5.15. The van der Waals surface area contributed by atoms with Gasteiger partial charge in [0.25, 0.3) is 0 Å². The molecule has 0 saturated carbocycles. The van der Waals surface area contributed by atoms with Crippen LogP contribution in [0.25, 0.3) is 27.9 Å². The molecule has 1 atom stereocenters. The molecule has 4 aromatic rings. The van der Waals surface area contributed by atoms with E-state index in [1.165, 1.54) is 23.1 Å². The Labute approximate surface area is 169 Å². The molecule has 0 bridgehead atoms. The predicted molar refractivity (Wildman–Crippen MR) is 116 cm³/mol.